The van der Waals surface area contributed by atoms with Crippen molar-refractivity contribution in [2.75, 3.05) is 13.2 Å². The highest BCUT2D eigenvalue weighted by Gasteiger charge is 2.19. The van der Waals surface area contributed by atoms with Gasteiger partial charge in [0.1, 0.15) is 13.2 Å². The lowest BCUT2D eigenvalue weighted by Crippen LogP contribution is -2.30. The van der Waals surface area contributed by atoms with Gasteiger partial charge < -0.3 is 14.2 Å². The van der Waals surface area contributed by atoms with Gasteiger partial charge in [-0.2, -0.15) is 0 Å². The van der Waals surface area contributed by atoms with E-state index < -0.39 is 6.10 Å². The Morgan fingerprint density at radius 2 is 0.446 bits per heavy atom. The van der Waals surface area contributed by atoms with Gasteiger partial charge in [-0.05, 0) is 44.9 Å². The molecule has 0 saturated carbocycles. The van der Waals surface area contributed by atoms with E-state index in [1.54, 1.807) is 0 Å². The molecule has 438 valence electrons. The number of allylic oxidation sites excluding steroid dienone is 2. The van der Waals surface area contributed by atoms with E-state index >= 15 is 0 Å². The zero-order chi connectivity index (χ0) is 53.6. The van der Waals surface area contributed by atoms with Crippen LogP contribution in [-0.4, -0.2) is 37.2 Å². The van der Waals surface area contributed by atoms with Crippen molar-refractivity contribution in [3.8, 4) is 0 Å². The maximum atomic E-state index is 12.9. The molecule has 0 aromatic carbocycles. The van der Waals surface area contributed by atoms with Gasteiger partial charge in [-0.25, -0.2) is 0 Å². The molecule has 0 heterocycles. The summed E-state index contributed by atoms with van der Waals surface area (Å²) in [6, 6.07) is 0. The van der Waals surface area contributed by atoms with E-state index in [4.69, 9.17) is 14.2 Å². The molecule has 6 heteroatoms. The summed E-state index contributed by atoms with van der Waals surface area (Å²) >= 11 is 0. The summed E-state index contributed by atoms with van der Waals surface area (Å²) in [6.07, 6.45) is 75.3. The van der Waals surface area contributed by atoms with Crippen molar-refractivity contribution in [1.29, 1.82) is 0 Å². The van der Waals surface area contributed by atoms with Gasteiger partial charge in [0.15, 0.2) is 6.10 Å². The molecule has 6 nitrogen and oxygen atoms in total. The quantitative estimate of drug-likeness (QED) is 0.0261. The topological polar surface area (TPSA) is 78.9 Å². The van der Waals surface area contributed by atoms with Crippen molar-refractivity contribution in [2.24, 2.45) is 0 Å². The third-order valence-corrected chi connectivity index (χ3v) is 15.5. The Kier molecular flexibility index (Phi) is 62.1. The van der Waals surface area contributed by atoms with Crippen LogP contribution in [0.4, 0.5) is 0 Å². The molecule has 0 aliphatic heterocycles. The summed E-state index contributed by atoms with van der Waals surface area (Å²) < 4.78 is 16.9. The first-order valence-electron chi connectivity index (χ1n) is 33.7. The number of unbranched alkanes of at least 4 members (excludes halogenated alkanes) is 50. The molecule has 0 saturated heterocycles. The van der Waals surface area contributed by atoms with Crippen LogP contribution >= 0.6 is 0 Å². The van der Waals surface area contributed by atoms with Gasteiger partial charge in [-0.15, -0.1) is 0 Å². The first-order chi connectivity index (χ1) is 36.5. The molecule has 0 bridgehead atoms. The Balaban J connectivity index is 4.11. The van der Waals surface area contributed by atoms with Crippen LogP contribution in [0.5, 0.6) is 0 Å². The summed E-state index contributed by atoms with van der Waals surface area (Å²) in [6.45, 7) is 6.70. The fourth-order valence-electron chi connectivity index (χ4n) is 10.4. The van der Waals surface area contributed by atoms with E-state index in [9.17, 15) is 14.4 Å². The lowest BCUT2D eigenvalue weighted by molar-refractivity contribution is -0.167. The van der Waals surface area contributed by atoms with Crippen LogP contribution in [0, 0.1) is 0 Å². The minimum absolute atomic E-state index is 0.0670. The second-order valence-corrected chi connectivity index (χ2v) is 23.1. The van der Waals surface area contributed by atoms with E-state index in [1.165, 1.54) is 283 Å². The molecule has 0 aliphatic rings. The molecule has 0 radical (unpaired) electrons. The second kappa shape index (κ2) is 63.7. The number of carbonyl (C=O) groups is 3. The third kappa shape index (κ3) is 61.0. The van der Waals surface area contributed by atoms with E-state index in [0.29, 0.717) is 19.3 Å². The highest BCUT2D eigenvalue weighted by Crippen LogP contribution is 2.19. The zero-order valence-electron chi connectivity index (χ0n) is 50.4. The van der Waals surface area contributed by atoms with Crippen LogP contribution in [0.25, 0.3) is 0 Å². The van der Waals surface area contributed by atoms with Crippen molar-refractivity contribution in [3.63, 3.8) is 0 Å². The molecule has 1 atom stereocenters. The number of ether oxygens (including phenoxy) is 3. The van der Waals surface area contributed by atoms with Crippen molar-refractivity contribution >= 4 is 17.9 Å². The number of rotatable bonds is 63. The SMILES string of the molecule is CCCCCCC/C=C\CCCCCCCC(=O)OC(COC(=O)CCCCCCCCCCCCCCC)COC(=O)CCCCCCCCCCCCCCCCCCCCCCCCCCCCCCC. The van der Waals surface area contributed by atoms with Crippen molar-refractivity contribution in [2.45, 2.75) is 393 Å². The molecule has 0 rings (SSSR count). The maximum absolute atomic E-state index is 12.9. The summed E-state index contributed by atoms with van der Waals surface area (Å²) in [4.78, 5) is 38.2. The number of hydrogen-bond donors (Lipinski definition) is 0. The average Bonchev–Trinajstić information content (AvgIpc) is 3.40. The monoisotopic (exact) mass is 1040 g/mol. The van der Waals surface area contributed by atoms with Gasteiger partial charge >= 0.3 is 17.9 Å². The molecule has 0 aromatic rings. The first-order valence-corrected chi connectivity index (χ1v) is 33.7. The smallest absolute Gasteiger partial charge is 0.306 e. The van der Waals surface area contributed by atoms with Crippen molar-refractivity contribution in [3.05, 3.63) is 12.2 Å². The summed E-state index contributed by atoms with van der Waals surface area (Å²) in [5, 5.41) is 0. The predicted octanol–water partition coefficient (Wildman–Crippen LogP) is 22.8. The van der Waals surface area contributed by atoms with Gasteiger partial charge in [0.2, 0.25) is 0 Å². The van der Waals surface area contributed by atoms with E-state index in [1.807, 2.05) is 0 Å². The number of hydrogen-bond acceptors (Lipinski definition) is 6. The molecule has 1 unspecified atom stereocenters. The average molecular weight is 1040 g/mol. The summed E-state index contributed by atoms with van der Waals surface area (Å²) in [5.41, 5.74) is 0. The minimum atomic E-state index is -0.769. The van der Waals surface area contributed by atoms with Crippen LogP contribution in [-0.2, 0) is 28.6 Å². The second-order valence-electron chi connectivity index (χ2n) is 23.1. The summed E-state index contributed by atoms with van der Waals surface area (Å²) in [7, 11) is 0. The molecule has 0 N–H and O–H groups in total. The molecular formula is C68H130O6. The Morgan fingerprint density at radius 1 is 0.257 bits per heavy atom. The third-order valence-electron chi connectivity index (χ3n) is 15.5. The first kappa shape index (κ1) is 72.2. The van der Waals surface area contributed by atoms with Gasteiger partial charge in [0.25, 0.3) is 0 Å². The minimum Gasteiger partial charge on any atom is -0.462 e. The Hall–Kier alpha value is -1.85. The molecule has 0 spiro atoms. The lowest BCUT2D eigenvalue weighted by Gasteiger charge is -2.18. The Bertz CT molecular complexity index is 1150. The number of esters is 3. The standard InChI is InChI=1S/C68H130O6/c1-4-7-10-13-16-19-22-25-27-28-29-30-31-32-33-34-35-36-37-38-39-40-41-44-46-49-52-55-58-61-67(70)73-64-65(63-72-66(69)60-57-54-51-48-45-42-24-21-18-15-12-9-6-3)74-68(71)62-59-56-53-50-47-43-26-23-20-17-14-11-8-5-2/h23,26,65H,4-22,24-25,27-64H2,1-3H3/b26-23-. The lowest BCUT2D eigenvalue weighted by atomic mass is 10.0. The fourth-order valence-corrected chi connectivity index (χ4v) is 10.4. The van der Waals surface area contributed by atoms with Crippen molar-refractivity contribution < 1.29 is 28.6 Å². The Morgan fingerprint density at radius 3 is 0.676 bits per heavy atom. The Labute approximate surface area is 462 Å². The van der Waals surface area contributed by atoms with Crippen LogP contribution in [0.15, 0.2) is 12.2 Å². The van der Waals surface area contributed by atoms with Crippen LogP contribution in [0.2, 0.25) is 0 Å². The molecule has 0 amide bonds. The van der Waals surface area contributed by atoms with E-state index in [2.05, 4.69) is 32.9 Å². The van der Waals surface area contributed by atoms with E-state index in [-0.39, 0.29) is 31.1 Å². The molecule has 0 fully saturated rings. The summed E-state index contributed by atoms with van der Waals surface area (Å²) in [5.74, 6) is -0.846. The van der Waals surface area contributed by atoms with Gasteiger partial charge in [-0.1, -0.05) is 335 Å². The largest absolute Gasteiger partial charge is 0.462 e. The zero-order valence-corrected chi connectivity index (χ0v) is 50.4. The molecule has 0 aromatic heterocycles. The highest BCUT2D eigenvalue weighted by atomic mass is 16.6. The van der Waals surface area contributed by atoms with Crippen LogP contribution in [0.1, 0.15) is 387 Å². The fraction of sp³-hybridized carbons (Fsp3) is 0.926. The maximum Gasteiger partial charge on any atom is 0.306 e. The molecule has 74 heavy (non-hydrogen) atoms. The van der Waals surface area contributed by atoms with Crippen molar-refractivity contribution in [1.82, 2.24) is 0 Å². The molecular weight excluding hydrogens is 913 g/mol. The molecule has 0 aliphatic carbocycles. The van der Waals surface area contributed by atoms with Gasteiger partial charge in [-0.3, -0.25) is 14.4 Å². The highest BCUT2D eigenvalue weighted by molar-refractivity contribution is 5.71. The van der Waals surface area contributed by atoms with Crippen LogP contribution in [0.3, 0.4) is 0 Å². The van der Waals surface area contributed by atoms with Gasteiger partial charge in [0, 0.05) is 19.3 Å². The van der Waals surface area contributed by atoms with Crippen LogP contribution < -0.4 is 0 Å². The van der Waals surface area contributed by atoms with Gasteiger partial charge in [0.05, 0.1) is 0 Å². The normalized spacial score (nSPS) is 12.0. The predicted molar refractivity (Wildman–Crippen MR) is 321 cm³/mol. The van der Waals surface area contributed by atoms with E-state index in [0.717, 1.165) is 64.2 Å². The number of carbonyl (C=O) groups excluding carboxylic acids is 3.